The molecule has 0 aromatic carbocycles. The predicted molar refractivity (Wildman–Crippen MR) is 46.9 cm³/mol. The maximum absolute atomic E-state index is 9.00. The van der Waals surface area contributed by atoms with Crippen molar-refractivity contribution in [3.63, 3.8) is 0 Å². The molecule has 0 unspecified atom stereocenters. The van der Waals surface area contributed by atoms with Crippen LogP contribution in [0, 0.1) is 0 Å². The van der Waals surface area contributed by atoms with Crippen LogP contribution in [0.25, 0.3) is 0 Å². The number of carbonyl (C=O) groups is 2. The van der Waals surface area contributed by atoms with E-state index in [1.165, 1.54) is 0 Å². The van der Waals surface area contributed by atoms with Crippen molar-refractivity contribution in [1.82, 2.24) is 0 Å². The Kier molecular flexibility index (Phi) is 24.3. The molecule has 0 atom stereocenters. The Labute approximate surface area is 69.1 Å². The number of carboxylic acid groups (broad SMARTS) is 2. The van der Waals surface area contributed by atoms with Crippen LogP contribution in [0.15, 0.2) is 0 Å². The van der Waals surface area contributed by atoms with Crippen molar-refractivity contribution in [2.75, 3.05) is 0 Å². The summed E-state index contributed by atoms with van der Waals surface area (Å²) >= 11 is 0. The molecule has 0 spiro atoms. The first-order valence-electron chi connectivity index (χ1n) is 3.27. The lowest BCUT2D eigenvalue weighted by molar-refractivity contribution is -0.135. The third kappa shape index (κ3) is 660. The van der Waals surface area contributed by atoms with Gasteiger partial charge in [-0.15, -0.1) is 0 Å². The first-order chi connectivity index (χ1) is 4.88. The molecule has 2 N–H and O–H groups in total. The molecule has 0 aliphatic heterocycles. The van der Waals surface area contributed by atoms with Crippen molar-refractivity contribution in [3.8, 4) is 0 Å². The fraction of sp³-hybridized carbons (Fsp3) is 0.667. The van der Waals surface area contributed by atoms with E-state index in [0.29, 0.717) is 9.52 Å². The number of rotatable bonds is 0. The van der Waals surface area contributed by atoms with Gasteiger partial charge in [0.25, 0.3) is 11.9 Å². The van der Waals surface area contributed by atoms with Crippen molar-refractivity contribution in [1.29, 1.82) is 0 Å². The molecular formula is C6H16O4Si. The number of hydrogen-bond acceptors (Lipinski definition) is 2. The summed E-state index contributed by atoms with van der Waals surface area (Å²) in [6.45, 7) is 6.69. The molecule has 0 amide bonds. The Hall–Kier alpha value is -0.843. The molecule has 0 rings (SSSR count). The largest absolute Gasteiger partial charge is 0.481 e. The van der Waals surface area contributed by atoms with Gasteiger partial charge < -0.3 is 10.2 Å². The molecule has 0 aliphatic rings. The van der Waals surface area contributed by atoms with E-state index in [1.807, 2.05) is 0 Å². The average molecular weight is 180 g/mol. The van der Waals surface area contributed by atoms with Crippen molar-refractivity contribution >= 4 is 21.5 Å². The molecule has 5 heteroatoms. The maximum atomic E-state index is 9.00. The van der Waals surface area contributed by atoms with Gasteiger partial charge in [-0.1, -0.05) is 13.1 Å². The highest BCUT2D eigenvalue weighted by molar-refractivity contribution is 6.31. The van der Waals surface area contributed by atoms with Crippen LogP contribution in [0.3, 0.4) is 0 Å². The molecule has 0 fully saturated rings. The maximum Gasteiger partial charge on any atom is 0.300 e. The summed E-state index contributed by atoms with van der Waals surface area (Å²) in [5, 5.41) is 14.8. The Morgan fingerprint density at radius 2 is 1.00 bits per heavy atom. The van der Waals surface area contributed by atoms with E-state index in [1.54, 1.807) is 0 Å². The normalized spacial score (nSPS) is 6.18. The quantitative estimate of drug-likeness (QED) is 0.530. The minimum Gasteiger partial charge on any atom is -0.481 e. The van der Waals surface area contributed by atoms with Crippen molar-refractivity contribution in [3.05, 3.63) is 0 Å². The molecule has 0 aliphatic carbocycles. The van der Waals surface area contributed by atoms with Gasteiger partial charge in [-0.25, -0.2) is 0 Å². The van der Waals surface area contributed by atoms with Gasteiger partial charge in [-0.3, -0.25) is 9.59 Å². The molecule has 0 aromatic rings. The van der Waals surface area contributed by atoms with Crippen LogP contribution in [0.4, 0.5) is 0 Å². The summed E-state index contributed by atoms with van der Waals surface area (Å²) < 4.78 is 0. The van der Waals surface area contributed by atoms with Gasteiger partial charge in [-0.05, 0) is 0 Å². The highest BCUT2D eigenvalue weighted by Crippen LogP contribution is 1.42. The summed E-state index contributed by atoms with van der Waals surface area (Å²) in [5.41, 5.74) is 0. The molecule has 68 valence electrons. The fourth-order valence-electron chi connectivity index (χ4n) is 0. The Morgan fingerprint density at radius 3 is 1.00 bits per heavy atom. The summed E-state index contributed by atoms with van der Waals surface area (Å²) in [7, 11) is 0.417. The average Bonchev–Trinajstić information content (AvgIpc) is 1.60. The number of aliphatic carboxylic acids is 2. The minimum atomic E-state index is -0.833. The van der Waals surface area contributed by atoms with Crippen molar-refractivity contribution < 1.29 is 19.8 Å². The Bertz CT molecular complexity index is 82.8. The van der Waals surface area contributed by atoms with Gasteiger partial charge >= 0.3 is 0 Å². The summed E-state index contributed by atoms with van der Waals surface area (Å²) in [4.78, 5) is 18.0. The molecule has 0 radical (unpaired) electrons. The lowest BCUT2D eigenvalue weighted by Gasteiger charge is -1.59. The van der Waals surface area contributed by atoms with Crippen LogP contribution in [0.2, 0.25) is 13.1 Å². The topological polar surface area (TPSA) is 74.6 Å². The highest BCUT2D eigenvalue weighted by atomic mass is 28.2. The van der Waals surface area contributed by atoms with Crippen LogP contribution in [0.5, 0.6) is 0 Å². The van der Waals surface area contributed by atoms with E-state index in [9.17, 15) is 0 Å². The number of carboxylic acids is 2. The van der Waals surface area contributed by atoms with Gasteiger partial charge in [0.2, 0.25) is 0 Å². The third-order valence-electron chi connectivity index (χ3n) is 0. The zero-order chi connectivity index (χ0) is 9.86. The van der Waals surface area contributed by atoms with Crippen molar-refractivity contribution in [2.45, 2.75) is 26.9 Å². The summed E-state index contributed by atoms with van der Waals surface area (Å²) in [5.74, 6) is -1.67. The molecule has 4 nitrogen and oxygen atoms in total. The van der Waals surface area contributed by atoms with Gasteiger partial charge in [0.1, 0.15) is 0 Å². The Balaban J connectivity index is -0.0000000886. The first kappa shape index (κ1) is 16.6. The lowest BCUT2D eigenvalue weighted by Crippen LogP contribution is -1.78. The van der Waals surface area contributed by atoms with Crippen LogP contribution in [-0.2, 0) is 9.59 Å². The molecule has 0 saturated carbocycles. The van der Waals surface area contributed by atoms with E-state index in [4.69, 9.17) is 19.8 Å². The lowest BCUT2D eigenvalue weighted by atomic mass is 10.9. The van der Waals surface area contributed by atoms with Gasteiger partial charge in [0.05, 0.1) is 0 Å². The highest BCUT2D eigenvalue weighted by Gasteiger charge is 1.65. The van der Waals surface area contributed by atoms with Gasteiger partial charge in [0.15, 0.2) is 0 Å². The molecule has 0 heterocycles. The van der Waals surface area contributed by atoms with Crippen LogP contribution >= 0.6 is 0 Å². The summed E-state index contributed by atoms with van der Waals surface area (Å²) in [6.07, 6.45) is 0. The zero-order valence-corrected chi connectivity index (χ0v) is 8.83. The smallest absolute Gasteiger partial charge is 0.300 e. The monoisotopic (exact) mass is 180 g/mol. The van der Waals surface area contributed by atoms with E-state index >= 15 is 0 Å². The molecule has 0 bridgehead atoms. The standard InChI is InChI=1S/2C2H4O2.C2H8Si/c2*1-2(3)4;1-3-2/h2*1H3,(H,3,4);3H2,1-2H3. The molecule has 0 saturated heterocycles. The van der Waals surface area contributed by atoms with Crippen LogP contribution < -0.4 is 0 Å². The van der Waals surface area contributed by atoms with Crippen LogP contribution in [-0.4, -0.2) is 31.7 Å². The van der Waals surface area contributed by atoms with E-state index in [-0.39, 0.29) is 0 Å². The molecular weight excluding hydrogens is 164 g/mol. The second-order valence-corrected chi connectivity index (χ2v) is 3.16. The molecule has 0 aromatic heterocycles. The minimum absolute atomic E-state index is 0.417. The predicted octanol–water partition coefficient (Wildman–Crippen LogP) is 0.433. The van der Waals surface area contributed by atoms with E-state index < -0.39 is 11.9 Å². The van der Waals surface area contributed by atoms with Crippen LogP contribution in [0.1, 0.15) is 13.8 Å². The van der Waals surface area contributed by atoms with Gasteiger partial charge in [-0.2, -0.15) is 0 Å². The van der Waals surface area contributed by atoms with Gasteiger partial charge in [0, 0.05) is 23.4 Å². The van der Waals surface area contributed by atoms with Crippen molar-refractivity contribution in [2.24, 2.45) is 0 Å². The second kappa shape index (κ2) is 16.1. The fourth-order valence-corrected chi connectivity index (χ4v) is 0. The van der Waals surface area contributed by atoms with E-state index in [0.717, 1.165) is 13.8 Å². The van der Waals surface area contributed by atoms with E-state index in [2.05, 4.69) is 13.1 Å². The SMILES string of the molecule is CC(=O)O.CC(=O)O.C[SiH2]C. The first-order valence-corrected chi connectivity index (χ1v) is 6.10. The number of hydrogen-bond donors (Lipinski definition) is 2. The summed E-state index contributed by atoms with van der Waals surface area (Å²) in [6, 6.07) is 0. The third-order valence-corrected chi connectivity index (χ3v) is 0. The Morgan fingerprint density at radius 1 is 1.00 bits per heavy atom. The zero-order valence-electron chi connectivity index (χ0n) is 7.42. The molecule has 11 heavy (non-hydrogen) atoms. The second-order valence-electron chi connectivity index (χ2n) is 1.75.